The second-order valence-electron chi connectivity index (χ2n) is 5.78. The van der Waals surface area contributed by atoms with Gasteiger partial charge >= 0.3 is 0 Å². The van der Waals surface area contributed by atoms with Crippen molar-refractivity contribution >= 4 is 11.8 Å². The largest absolute Gasteiger partial charge is 0.486 e. The van der Waals surface area contributed by atoms with E-state index in [2.05, 4.69) is 19.2 Å². The van der Waals surface area contributed by atoms with Crippen molar-refractivity contribution in [1.82, 2.24) is 5.32 Å². The monoisotopic (exact) mass is 295 g/mol. The highest BCUT2D eigenvalue weighted by Crippen LogP contribution is 2.48. The lowest BCUT2D eigenvalue weighted by molar-refractivity contribution is 0.0203. The summed E-state index contributed by atoms with van der Waals surface area (Å²) in [6, 6.07) is 5.11. The summed E-state index contributed by atoms with van der Waals surface area (Å²) in [7, 11) is 0. The normalized spacial score (nSPS) is 32.8. The number of halogens is 1. The van der Waals surface area contributed by atoms with Crippen LogP contribution in [0, 0.1) is 5.82 Å². The highest BCUT2D eigenvalue weighted by molar-refractivity contribution is 8.00. The lowest BCUT2D eigenvalue weighted by Crippen LogP contribution is -2.52. The molecule has 3 atom stereocenters. The molecule has 1 fully saturated rings. The van der Waals surface area contributed by atoms with Crippen molar-refractivity contribution in [2.45, 2.75) is 50.0 Å². The number of hydrogen-bond acceptors (Lipinski definition) is 3. The van der Waals surface area contributed by atoms with E-state index in [9.17, 15) is 4.39 Å². The molecule has 0 aromatic heterocycles. The van der Waals surface area contributed by atoms with Gasteiger partial charge in [-0.3, -0.25) is 0 Å². The Kier molecular flexibility index (Phi) is 3.95. The Labute approximate surface area is 124 Å². The highest BCUT2D eigenvalue weighted by atomic mass is 32.2. The first-order valence-corrected chi connectivity index (χ1v) is 8.53. The molecule has 3 unspecified atom stereocenters. The summed E-state index contributed by atoms with van der Waals surface area (Å²) >= 11 is 1.99. The molecule has 0 radical (unpaired) electrons. The van der Waals surface area contributed by atoms with Gasteiger partial charge in [0.25, 0.3) is 0 Å². The number of benzene rings is 1. The highest BCUT2D eigenvalue weighted by Gasteiger charge is 2.46. The van der Waals surface area contributed by atoms with E-state index in [0.29, 0.717) is 5.25 Å². The molecule has 1 spiro atoms. The second-order valence-corrected chi connectivity index (χ2v) is 7.23. The molecule has 2 aliphatic rings. The van der Waals surface area contributed by atoms with Gasteiger partial charge in [-0.2, -0.15) is 11.8 Å². The molecule has 0 bridgehead atoms. The van der Waals surface area contributed by atoms with E-state index in [0.717, 1.165) is 30.7 Å². The maximum absolute atomic E-state index is 13.5. The third kappa shape index (κ3) is 2.44. The minimum Gasteiger partial charge on any atom is -0.486 e. The zero-order valence-corrected chi connectivity index (χ0v) is 12.9. The van der Waals surface area contributed by atoms with Gasteiger partial charge in [0.2, 0.25) is 0 Å². The van der Waals surface area contributed by atoms with Crippen molar-refractivity contribution in [2.24, 2.45) is 0 Å². The molecule has 1 saturated heterocycles. The van der Waals surface area contributed by atoms with Crippen molar-refractivity contribution in [3.63, 3.8) is 0 Å². The molecule has 1 N–H and O–H groups in total. The molecule has 1 aromatic carbocycles. The summed E-state index contributed by atoms with van der Waals surface area (Å²) in [6.45, 7) is 5.25. The van der Waals surface area contributed by atoms with E-state index in [1.165, 1.54) is 18.2 Å². The fourth-order valence-electron chi connectivity index (χ4n) is 3.42. The molecule has 0 amide bonds. The summed E-state index contributed by atoms with van der Waals surface area (Å²) in [5.74, 6) is 1.89. The number of fused-ring (bicyclic) bond motifs is 1. The Balaban J connectivity index is 1.98. The molecule has 20 heavy (non-hydrogen) atoms. The van der Waals surface area contributed by atoms with Gasteiger partial charge < -0.3 is 10.1 Å². The average Bonchev–Trinajstić information content (AvgIpc) is 2.44. The van der Waals surface area contributed by atoms with E-state index in [4.69, 9.17) is 4.74 Å². The third-order valence-corrected chi connectivity index (χ3v) is 5.97. The van der Waals surface area contributed by atoms with Crippen LogP contribution in [0.3, 0.4) is 0 Å². The Morgan fingerprint density at radius 2 is 2.35 bits per heavy atom. The van der Waals surface area contributed by atoms with Crippen LogP contribution >= 0.6 is 11.8 Å². The van der Waals surface area contributed by atoms with Gasteiger partial charge in [0.1, 0.15) is 17.2 Å². The third-order valence-electron chi connectivity index (χ3n) is 4.51. The van der Waals surface area contributed by atoms with Gasteiger partial charge in [-0.1, -0.05) is 6.92 Å². The molecule has 1 aromatic rings. The van der Waals surface area contributed by atoms with Crippen LogP contribution in [0.2, 0.25) is 0 Å². The van der Waals surface area contributed by atoms with Gasteiger partial charge in [-0.05, 0) is 50.3 Å². The first kappa shape index (κ1) is 14.2. The van der Waals surface area contributed by atoms with E-state index in [-0.39, 0.29) is 17.5 Å². The summed E-state index contributed by atoms with van der Waals surface area (Å²) in [4.78, 5) is 0. The number of hydrogen-bond donors (Lipinski definition) is 1. The van der Waals surface area contributed by atoms with Gasteiger partial charge in [0, 0.05) is 23.3 Å². The Morgan fingerprint density at radius 3 is 3.10 bits per heavy atom. The topological polar surface area (TPSA) is 21.3 Å². The predicted molar refractivity (Wildman–Crippen MR) is 81.9 cm³/mol. The molecule has 3 rings (SSSR count). The van der Waals surface area contributed by atoms with Crippen LogP contribution in [0.25, 0.3) is 0 Å². The SMILES string of the molecule is CCNC1CC2(CCCSC2C)Oc2ccc(F)cc21. The van der Waals surface area contributed by atoms with Crippen LogP contribution in [0.4, 0.5) is 4.39 Å². The van der Waals surface area contributed by atoms with Gasteiger partial charge in [-0.15, -0.1) is 0 Å². The lowest BCUT2D eigenvalue weighted by Gasteiger charge is -2.48. The molecule has 4 heteroatoms. The quantitative estimate of drug-likeness (QED) is 0.893. The van der Waals surface area contributed by atoms with Crippen LogP contribution in [-0.4, -0.2) is 23.1 Å². The molecule has 110 valence electrons. The van der Waals surface area contributed by atoms with E-state index in [1.54, 1.807) is 12.1 Å². The van der Waals surface area contributed by atoms with Gasteiger partial charge in [0.05, 0.1) is 0 Å². The molecule has 0 aliphatic carbocycles. The van der Waals surface area contributed by atoms with Crippen LogP contribution in [-0.2, 0) is 0 Å². The van der Waals surface area contributed by atoms with Crippen molar-refractivity contribution in [2.75, 3.05) is 12.3 Å². The van der Waals surface area contributed by atoms with Gasteiger partial charge in [-0.25, -0.2) is 4.39 Å². The molecule has 2 nitrogen and oxygen atoms in total. The lowest BCUT2D eigenvalue weighted by atomic mass is 9.81. The Bertz CT molecular complexity index is 495. The zero-order valence-electron chi connectivity index (χ0n) is 12.1. The number of ether oxygens (including phenoxy) is 1. The number of thioether (sulfide) groups is 1. The fourth-order valence-corrected chi connectivity index (χ4v) is 4.65. The van der Waals surface area contributed by atoms with Crippen molar-refractivity contribution in [3.05, 3.63) is 29.6 Å². The van der Waals surface area contributed by atoms with Crippen molar-refractivity contribution < 1.29 is 9.13 Å². The molecular weight excluding hydrogens is 273 g/mol. The summed E-state index contributed by atoms with van der Waals surface area (Å²) in [5, 5.41) is 3.99. The molecular formula is C16H22FNOS. The summed E-state index contributed by atoms with van der Waals surface area (Å²) in [6.07, 6.45) is 3.23. The van der Waals surface area contributed by atoms with Crippen LogP contribution in [0.5, 0.6) is 5.75 Å². The van der Waals surface area contributed by atoms with Crippen LogP contribution < -0.4 is 10.1 Å². The fraction of sp³-hybridized carbons (Fsp3) is 0.625. The predicted octanol–water partition coefficient (Wildman–Crippen LogP) is 3.91. The number of rotatable bonds is 2. The first-order valence-electron chi connectivity index (χ1n) is 7.48. The van der Waals surface area contributed by atoms with Crippen molar-refractivity contribution in [1.29, 1.82) is 0 Å². The first-order chi connectivity index (χ1) is 9.64. The molecule has 2 heterocycles. The Morgan fingerprint density at radius 1 is 1.50 bits per heavy atom. The van der Waals surface area contributed by atoms with Crippen LogP contribution in [0.15, 0.2) is 18.2 Å². The maximum atomic E-state index is 13.5. The standard InChI is InChI=1S/C16H22FNOS/c1-3-18-14-10-16(7-4-8-20-11(16)2)19-15-6-5-12(17)9-13(14)15/h5-6,9,11,14,18H,3-4,7-8,10H2,1-2H3. The maximum Gasteiger partial charge on any atom is 0.125 e. The minimum absolute atomic E-state index is 0.0966. The number of nitrogens with one attached hydrogen (secondary N) is 1. The Hall–Kier alpha value is -0.740. The van der Waals surface area contributed by atoms with E-state index >= 15 is 0 Å². The minimum atomic E-state index is -0.183. The van der Waals surface area contributed by atoms with Crippen molar-refractivity contribution in [3.8, 4) is 5.75 Å². The second kappa shape index (κ2) is 5.57. The summed E-state index contributed by atoms with van der Waals surface area (Å²) in [5.41, 5.74) is 0.876. The average molecular weight is 295 g/mol. The molecule has 2 aliphatic heterocycles. The van der Waals surface area contributed by atoms with E-state index < -0.39 is 0 Å². The van der Waals surface area contributed by atoms with E-state index in [1.807, 2.05) is 11.8 Å². The van der Waals surface area contributed by atoms with Gasteiger partial charge in [0.15, 0.2) is 0 Å². The zero-order chi connectivity index (χ0) is 14.2. The smallest absolute Gasteiger partial charge is 0.125 e. The summed E-state index contributed by atoms with van der Waals surface area (Å²) < 4.78 is 19.9. The molecule has 0 saturated carbocycles. The van der Waals surface area contributed by atoms with Crippen LogP contribution in [0.1, 0.15) is 44.7 Å².